The van der Waals surface area contributed by atoms with Crippen molar-refractivity contribution in [1.82, 2.24) is 5.32 Å². The van der Waals surface area contributed by atoms with Crippen molar-refractivity contribution in [1.29, 1.82) is 0 Å². The summed E-state index contributed by atoms with van der Waals surface area (Å²) in [4.78, 5) is 0. The summed E-state index contributed by atoms with van der Waals surface area (Å²) in [6.07, 6.45) is 6.04. The van der Waals surface area contributed by atoms with Crippen LogP contribution >= 0.6 is 0 Å². The van der Waals surface area contributed by atoms with Gasteiger partial charge in [0.25, 0.3) is 0 Å². The van der Waals surface area contributed by atoms with Gasteiger partial charge < -0.3 is 10.1 Å². The standard InChI is InChI=1S/C17H26FNO/c1-2-11-19-12-17(15-9-5-6-10-16(15)18)20-13-14-7-3-4-8-14/h5-6,9-10,14,17,19H,2-4,7-8,11-13H2,1H3. The number of nitrogens with one attached hydrogen (secondary N) is 1. The van der Waals surface area contributed by atoms with Gasteiger partial charge in [0.05, 0.1) is 12.7 Å². The minimum atomic E-state index is -0.177. The lowest BCUT2D eigenvalue weighted by molar-refractivity contribution is 0.0276. The SMILES string of the molecule is CCCNCC(OCC1CCCC1)c1ccccc1F. The molecule has 2 nitrogen and oxygen atoms in total. The van der Waals surface area contributed by atoms with E-state index in [1.165, 1.54) is 31.7 Å². The number of benzene rings is 1. The summed E-state index contributed by atoms with van der Waals surface area (Å²) in [6, 6.07) is 6.96. The molecule has 1 aromatic carbocycles. The van der Waals surface area contributed by atoms with E-state index in [0.717, 1.165) is 19.6 Å². The van der Waals surface area contributed by atoms with Gasteiger partial charge in [0.15, 0.2) is 0 Å². The van der Waals surface area contributed by atoms with E-state index < -0.39 is 0 Å². The molecule has 1 aliphatic rings. The zero-order chi connectivity index (χ0) is 14.2. The fourth-order valence-electron chi connectivity index (χ4n) is 2.83. The molecule has 20 heavy (non-hydrogen) atoms. The van der Waals surface area contributed by atoms with Crippen LogP contribution in [-0.4, -0.2) is 19.7 Å². The van der Waals surface area contributed by atoms with Gasteiger partial charge in [-0.2, -0.15) is 0 Å². The van der Waals surface area contributed by atoms with Gasteiger partial charge in [-0.1, -0.05) is 38.0 Å². The maximum Gasteiger partial charge on any atom is 0.129 e. The van der Waals surface area contributed by atoms with Crippen molar-refractivity contribution in [2.45, 2.75) is 45.1 Å². The Bertz CT molecular complexity index is 390. The fraction of sp³-hybridized carbons (Fsp3) is 0.647. The molecule has 3 heteroatoms. The van der Waals surface area contributed by atoms with Crippen LogP contribution in [0.15, 0.2) is 24.3 Å². The summed E-state index contributed by atoms with van der Waals surface area (Å²) in [7, 11) is 0. The Labute approximate surface area is 121 Å². The third-order valence-corrected chi connectivity index (χ3v) is 4.02. The largest absolute Gasteiger partial charge is 0.372 e. The van der Waals surface area contributed by atoms with Crippen molar-refractivity contribution in [3.8, 4) is 0 Å². The van der Waals surface area contributed by atoms with Crippen molar-refractivity contribution in [3.05, 3.63) is 35.6 Å². The van der Waals surface area contributed by atoms with Crippen molar-refractivity contribution in [2.24, 2.45) is 5.92 Å². The van der Waals surface area contributed by atoms with E-state index in [1.54, 1.807) is 6.07 Å². The van der Waals surface area contributed by atoms with Gasteiger partial charge in [-0.05, 0) is 37.8 Å². The highest BCUT2D eigenvalue weighted by Gasteiger charge is 2.20. The van der Waals surface area contributed by atoms with Crippen molar-refractivity contribution >= 4 is 0 Å². The van der Waals surface area contributed by atoms with Crippen LogP contribution in [-0.2, 0) is 4.74 Å². The minimum Gasteiger partial charge on any atom is -0.372 e. The predicted octanol–water partition coefficient (Wildman–Crippen LogP) is 4.07. The minimum absolute atomic E-state index is 0.165. The van der Waals surface area contributed by atoms with Gasteiger partial charge in [0.2, 0.25) is 0 Å². The van der Waals surface area contributed by atoms with E-state index in [-0.39, 0.29) is 11.9 Å². The van der Waals surface area contributed by atoms with Gasteiger partial charge in [-0.25, -0.2) is 4.39 Å². The van der Waals surface area contributed by atoms with Crippen LogP contribution in [0, 0.1) is 11.7 Å². The van der Waals surface area contributed by atoms with E-state index in [2.05, 4.69) is 12.2 Å². The lowest BCUT2D eigenvalue weighted by Crippen LogP contribution is -2.26. The molecule has 1 unspecified atom stereocenters. The van der Waals surface area contributed by atoms with E-state index >= 15 is 0 Å². The summed E-state index contributed by atoms with van der Waals surface area (Å²) >= 11 is 0. The summed E-state index contributed by atoms with van der Waals surface area (Å²) in [6.45, 7) is 4.51. The Hall–Kier alpha value is -0.930. The molecule has 0 spiro atoms. The molecule has 1 aliphatic carbocycles. The van der Waals surface area contributed by atoms with E-state index in [4.69, 9.17) is 4.74 Å². The van der Waals surface area contributed by atoms with E-state index in [0.29, 0.717) is 18.0 Å². The van der Waals surface area contributed by atoms with Gasteiger partial charge in [0.1, 0.15) is 5.82 Å². The molecule has 0 amide bonds. The van der Waals surface area contributed by atoms with Crippen LogP contribution in [0.25, 0.3) is 0 Å². The highest BCUT2D eigenvalue weighted by molar-refractivity contribution is 5.20. The summed E-state index contributed by atoms with van der Waals surface area (Å²) < 4.78 is 20.0. The van der Waals surface area contributed by atoms with E-state index in [9.17, 15) is 4.39 Å². The average molecular weight is 279 g/mol. The van der Waals surface area contributed by atoms with Crippen LogP contribution in [0.3, 0.4) is 0 Å². The second-order valence-electron chi connectivity index (χ2n) is 5.70. The van der Waals surface area contributed by atoms with Gasteiger partial charge in [-0.15, -0.1) is 0 Å². The van der Waals surface area contributed by atoms with Gasteiger partial charge in [-0.3, -0.25) is 0 Å². The maximum absolute atomic E-state index is 13.9. The molecule has 2 rings (SSSR count). The quantitative estimate of drug-likeness (QED) is 0.724. The van der Waals surface area contributed by atoms with Crippen LogP contribution in [0.2, 0.25) is 0 Å². The fourth-order valence-corrected chi connectivity index (χ4v) is 2.83. The first-order valence-electron chi connectivity index (χ1n) is 7.88. The van der Waals surface area contributed by atoms with Crippen molar-refractivity contribution in [2.75, 3.05) is 19.7 Å². The molecule has 0 bridgehead atoms. The molecule has 0 saturated heterocycles. The molecular formula is C17H26FNO. The molecule has 0 radical (unpaired) electrons. The lowest BCUT2D eigenvalue weighted by atomic mass is 10.1. The molecule has 0 aromatic heterocycles. The first-order chi connectivity index (χ1) is 9.81. The first kappa shape index (κ1) is 15.5. The van der Waals surface area contributed by atoms with Crippen LogP contribution in [0.4, 0.5) is 4.39 Å². The molecule has 1 saturated carbocycles. The topological polar surface area (TPSA) is 21.3 Å². The molecule has 1 N–H and O–H groups in total. The number of ether oxygens (including phenoxy) is 1. The average Bonchev–Trinajstić information content (AvgIpc) is 2.97. The lowest BCUT2D eigenvalue weighted by Gasteiger charge is -2.21. The number of hydrogen-bond donors (Lipinski definition) is 1. The van der Waals surface area contributed by atoms with Gasteiger partial charge >= 0.3 is 0 Å². The first-order valence-corrected chi connectivity index (χ1v) is 7.88. The molecule has 0 heterocycles. The van der Waals surface area contributed by atoms with Crippen LogP contribution < -0.4 is 5.32 Å². The van der Waals surface area contributed by atoms with Crippen LogP contribution in [0.5, 0.6) is 0 Å². The van der Waals surface area contributed by atoms with Crippen molar-refractivity contribution < 1.29 is 9.13 Å². The predicted molar refractivity (Wildman–Crippen MR) is 80.2 cm³/mol. The van der Waals surface area contributed by atoms with E-state index in [1.807, 2.05) is 12.1 Å². The Morgan fingerprint density at radius 1 is 1.30 bits per heavy atom. The number of hydrogen-bond acceptors (Lipinski definition) is 2. The summed E-state index contributed by atoms with van der Waals surface area (Å²) in [5, 5.41) is 3.34. The zero-order valence-electron chi connectivity index (χ0n) is 12.4. The maximum atomic E-state index is 13.9. The van der Waals surface area contributed by atoms with Gasteiger partial charge in [0, 0.05) is 12.1 Å². The highest BCUT2D eigenvalue weighted by Crippen LogP contribution is 2.27. The summed E-state index contributed by atoms with van der Waals surface area (Å²) in [5.74, 6) is 0.498. The Kier molecular flexibility index (Phi) is 6.48. The Morgan fingerprint density at radius 2 is 2.05 bits per heavy atom. The van der Waals surface area contributed by atoms with Crippen LogP contribution in [0.1, 0.15) is 50.7 Å². The Morgan fingerprint density at radius 3 is 2.75 bits per heavy atom. The zero-order valence-corrected chi connectivity index (χ0v) is 12.4. The number of halogens is 1. The second kappa shape index (κ2) is 8.38. The normalized spacial score (nSPS) is 17.5. The molecule has 1 atom stereocenters. The summed E-state index contributed by atoms with van der Waals surface area (Å²) in [5.41, 5.74) is 0.675. The molecule has 0 aliphatic heterocycles. The Balaban J connectivity index is 1.94. The molecule has 1 aromatic rings. The molecular weight excluding hydrogens is 253 g/mol. The highest BCUT2D eigenvalue weighted by atomic mass is 19.1. The third kappa shape index (κ3) is 4.57. The number of rotatable bonds is 8. The molecule has 112 valence electrons. The molecule has 1 fully saturated rings. The smallest absolute Gasteiger partial charge is 0.129 e. The van der Waals surface area contributed by atoms with Crippen molar-refractivity contribution in [3.63, 3.8) is 0 Å². The third-order valence-electron chi connectivity index (χ3n) is 4.02. The monoisotopic (exact) mass is 279 g/mol. The second-order valence-corrected chi connectivity index (χ2v) is 5.70.